The summed E-state index contributed by atoms with van der Waals surface area (Å²) in [6.07, 6.45) is 3.28. The lowest BCUT2D eigenvalue weighted by Gasteiger charge is -2.14. The van der Waals surface area contributed by atoms with Crippen LogP contribution in [0, 0.1) is 11.3 Å². The number of halogens is 1. The Kier molecular flexibility index (Phi) is 5.68. The molecule has 2 N–H and O–H groups in total. The van der Waals surface area contributed by atoms with Crippen molar-refractivity contribution in [3.8, 4) is 28.6 Å². The average Bonchev–Trinajstić information content (AvgIpc) is 3.47. The van der Waals surface area contributed by atoms with E-state index in [1.807, 2.05) is 42.5 Å². The Morgan fingerprint density at radius 1 is 1.11 bits per heavy atom. The normalized spacial score (nSPS) is 11.5. The lowest BCUT2D eigenvalue weighted by molar-refractivity contribution is 0.599. The van der Waals surface area contributed by atoms with Gasteiger partial charge in [0.05, 0.1) is 33.8 Å². The van der Waals surface area contributed by atoms with Crippen LogP contribution in [-0.4, -0.2) is 38.4 Å². The number of hydrogen-bond donors (Lipinski definition) is 2. The van der Waals surface area contributed by atoms with Crippen LogP contribution in [0.25, 0.3) is 33.4 Å². The van der Waals surface area contributed by atoms with Crippen molar-refractivity contribution in [1.82, 2.24) is 29.9 Å². The van der Waals surface area contributed by atoms with Gasteiger partial charge in [-0.3, -0.25) is 14.5 Å². The lowest BCUT2D eigenvalue weighted by atomic mass is 10.0. The molecule has 0 saturated carbocycles. The largest absolute Gasteiger partial charge is 0.276 e. The number of rotatable bonds is 6. The third kappa shape index (κ3) is 4.57. The van der Waals surface area contributed by atoms with Crippen molar-refractivity contribution in [3.05, 3.63) is 77.3 Å². The quantitative estimate of drug-likeness (QED) is 0.357. The Labute approximate surface area is 205 Å². The van der Waals surface area contributed by atoms with Gasteiger partial charge in [0.2, 0.25) is 10.0 Å². The maximum atomic E-state index is 12.8. The van der Waals surface area contributed by atoms with Crippen molar-refractivity contribution in [3.63, 3.8) is 0 Å². The second kappa shape index (κ2) is 8.83. The number of aromatic amines is 1. The summed E-state index contributed by atoms with van der Waals surface area (Å²) in [4.78, 5) is 9.06. The molecule has 0 unspecified atom stereocenters. The lowest BCUT2D eigenvalue weighted by Crippen LogP contribution is -2.18. The first-order chi connectivity index (χ1) is 16.8. The number of nitrogens with one attached hydrogen (secondary N) is 2. The summed E-state index contributed by atoms with van der Waals surface area (Å²) in [6, 6.07) is 16.2. The zero-order chi connectivity index (χ0) is 24.6. The zero-order valence-corrected chi connectivity index (χ0v) is 19.8. The highest BCUT2D eigenvalue weighted by Crippen LogP contribution is 2.35. The smallest absolute Gasteiger partial charge is 0.239 e. The minimum atomic E-state index is -3.92. The first-order valence-corrected chi connectivity index (χ1v) is 12.4. The molecular weight excluding hydrogens is 488 g/mol. The summed E-state index contributed by atoms with van der Waals surface area (Å²) < 4.78 is 29.6. The number of nitriles is 1. The molecule has 10 nitrogen and oxygen atoms in total. The molecule has 0 radical (unpaired) electrons. The molecule has 174 valence electrons. The predicted octanol–water partition coefficient (Wildman–Crippen LogP) is 3.89. The number of aromatic nitrogens is 6. The summed E-state index contributed by atoms with van der Waals surface area (Å²) in [6.45, 7) is 0. The van der Waals surface area contributed by atoms with E-state index in [2.05, 4.69) is 30.0 Å². The maximum Gasteiger partial charge on any atom is 0.239 e. The van der Waals surface area contributed by atoms with E-state index in [9.17, 15) is 13.7 Å². The van der Waals surface area contributed by atoms with Crippen LogP contribution in [0.3, 0.4) is 0 Å². The molecule has 3 heterocycles. The van der Waals surface area contributed by atoms with Crippen LogP contribution in [0.1, 0.15) is 11.4 Å². The molecule has 0 aliphatic rings. The van der Waals surface area contributed by atoms with Crippen LogP contribution >= 0.6 is 11.6 Å². The van der Waals surface area contributed by atoms with Crippen molar-refractivity contribution in [2.75, 3.05) is 4.72 Å². The maximum absolute atomic E-state index is 12.8. The fourth-order valence-corrected chi connectivity index (χ4v) is 4.97. The standard InChI is InChI=1S/C23H17ClN8O2S/c1-32-8-7-17(30-32)13-35(33,34)31-23-19(11-25)27-22(21(28-23)14-5-3-2-4-6-14)15-9-16-12-26-29-20(16)18(24)10-15/h2-10,12H,13H2,1H3,(H,26,29)(H,28,31). The van der Waals surface area contributed by atoms with Crippen LogP contribution in [-0.2, 0) is 22.8 Å². The van der Waals surface area contributed by atoms with E-state index in [-0.39, 0.29) is 17.3 Å². The number of nitrogens with zero attached hydrogens (tertiary/aromatic N) is 6. The molecule has 0 atom stereocenters. The van der Waals surface area contributed by atoms with Gasteiger partial charge in [-0.25, -0.2) is 18.4 Å². The summed E-state index contributed by atoms with van der Waals surface area (Å²) in [5.74, 6) is -0.545. The van der Waals surface area contributed by atoms with Gasteiger partial charge in [0.25, 0.3) is 0 Å². The monoisotopic (exact) mass is 504 g/mol. The Bertz CT molecular complexity index is 1700. The molecule has 2 aromatic carbocycles. The highest BCUT2D eigenvalue weighted by Gasteiger charge is 2.22. The summed E-state index contributed by atoms with van der Waals surface area (Å²) in [5.41, 5.74) is 2.92. The van der Waals surface area contributed by atoms with E-state index in [0.29, 0.717) is 38.7 Å². The second-order valence-electron chi connectivity index (χ2n) is 7.73. The molecule has 0 spiro atoms. The van der Waals surface area contributed by atoms with Crippen LogP contribution < -0.4 is 4.72 Å². The number of fused-ring (bicyclic) bond motifs is 1. The SMILES string of the molecule is Cn1ccc(CS(=O)(=O)Nc2nc(-c3ccccc3)c(-c3cc(Cl)c4[nH]ncc4c3)nc2C#N)n1. The van der Waals surface area contributed by atoms with Crippen LogP contribution in [0.2, 0.25) is 5.02 Å². The first kappa shape index (κ1) is 22.5. The fourth-order valence-electron chi connectivity index (χ4n) is 3.65. The molecule has 0 fully saturated rings. The van der Waals surface area contributed by atoms with Gasteiger partial charge >= 0.3 is 0 Å². The number of hydrogen-bond acceptors (Lipinski definition) is 7. The molecule has 0 aliphatic heterocycles. The Hall–Kier alpha value is -4.27. The third-order valence-electron chi connectivity index (χ3n) is 5.18. The molecule has 35 heavy (non-hydrogen) atoms. The van der Waals surface area contributed by atoms with Crippen LogP contribution in [0.5, 0.6) is 0 Å². The van der Waals surface area contributed by atoms with Gasteiger partial charge in [-0.1, -0.05) is 41.9 Å². The predicted molar refractivity (Wildman–Crippen MR) is 132 cm³/mol. The van der Waals surface area contributed by atoms with Crippen molar-refractivity contribution >= 4 is 38.3 Å². The number of sulfonamides is 1. The van der Waals surface area contributed by atoms with Crippen molar-refractivity contribution in [2.45, 2.75) is 5.75 Å². The minimum Gasteiger partial charge on any atom is -0.276 e. The molecule has 5 aromatic rings. The van der Waals surface area contributed by atoms with E-state index in [0.717, 1.165) is 5.39 Å². The Morgan fingerprint density at radius 3 is 2.60 bits per heavy atom. The highest BCUT2D eigenvalue weighted by atomic mass is 35.5. The van der Waals surface area contributed by atoms with E-state index < -0.39 is 10.0 Å². The van der Waals surface area contributed by atoms with Gasteiger partial charge in [0.1, 0.15) is 11.8 Å². The summed E-state index contributed by atoms with van der Waals surface area (Å²) in [5, 5.41) is 21.9. The number of H-pyrrole nitrogens is 1. The van der Waals surface area contributed by atoms with E-state index in [4.69, 9.17) is 11.6 Å². The number of benzene rings is 2. The van der Waals surface area contributed by atoms with Gasteiger partial charge in [-0.2, -0.15) is 15.5 Å². The molecule has 0 amide bonds. The van der Waals surface area contributed by atoms with E-state index >= 15 is 0 Å². The topological polar surface area (TPSA) is 142 Å². The average molecular weight is 505 g/mol. The van der Waals surface area contributed by atoms with Crippen LogP contribution in [0.15, 0.2) is 60.9 Å². The molecule has 0 bridgehead atoms. The van der Waals surface area contributed by atoms with Gasteiger partial charge in [0, 0.05) is 29.8 Å². The third-order valence-corrected chi connectivity index (χ3v) is 6.66. The molecule has 0 aliphatic carbocycles. The summed E-state index contributed by atoms with van der Waals surface area (Å²) >= 11 is 6.44. The van der Waals surface area contributed by atoms with Gasteiger partial charge in [-0.15, -0.1) is 0 Å². The molecular formula is C23H17ClN8O2S. The Morgan fingerprint density at radius 2 is 1.89 bits per heavy atom. The van der Waals surface area contributed by atoms with E-state index in [1.165, 1.54) is 4.68 Å². The second-order valence-corrected chi connectivity index (χ2v) is 9.86. The van der Waals surface area contributed by atoms with Crippen molar-refractivity contribution in [2.24, 2.45) is 7.05 Å². The number of anilines is 1. The van der Waals surface area contributed by atoms with Gasteiger partial charge in [0.15, 0.2) is 11.5 Å². The minimum absolute atomic E-state index is 0.165. The molecule has 3 aromatic heterocycles. The summed E-state index contributed by atoms with van der Waals surface area (Å²) in [7, 11) is -2.23. The van der Waals surface area contributed by atoms with Gasteiger partial charge < -0.3 is 0 Å². The zero-order valence-electron chi connectivity index (χ0n) is 18.3. The molecule has 12 heteroatoms. The Balaban J connectivity index is 1.65. The van der Waals surface area contributed by atoms with Gasteiger partial charge in [-0.05, 0) is 18.2 Å². The van der Waals surface area contributed by atoms with E-state index in [1.54, 1.807) is 31.6 Å². The molecule has 0 saturated heterocycles. The fraction of sp³-hybridized carbons (Fsp3) is 0.0870. The molecule has 5 rings (SSSR count). The highest BCUT2D eigenvalue weighted by molar-refractivity contribution is 7.91. The van der Waals surface area contributed by atoms with Crippen LogP contribution in [0.4, 0.5) is 5.82 Å². The van der Waals surface area contributed by atoms with Crippen molar-refractivity contribution < 1.29 is 8.42 Å². The first-order valence-electron chi connectivity index (χ1n) is 10.3. The van der Waals surface area contributed by atoms with Crippen molar-refractivity contribution in [1.29, 1.82) is 5.26 Å². The number of aryl methyl sites for hydroxylation is 1.